The summed E-state index contributed by atoms with van der Waals surface area (Å²) >= 11 is 5.94. The van der Waals surface area contributed by atoms with Gasteiger partial charge in [0.2, 0.25) is 0 Å². The lowest BCUT2D eigenvalue weighted by Crippen LogP contribution is -2.28. The molecule has 1 atom stereocenters. The van der Waals surface area contributed by atoms with Gasteiger partial charge in [-0.25, -0.2) is 4.98 Å². The first-order valence-corrected chi connectivity index (χ1v) is 8.23. The van der Waals surface area contributed by atoms with Crippen molar-refractivity contribution in [1.82, 2.24) is 10.3 Å². The lowest BCUT2D eigenvalue weighted by atomic mass is 10.4. The molecule has 1 aromatic rings. The average Bonchev–Trinajstić information content (AvgIpc) is 2.66. The van der Waals surface area contributed by atoms with Crippen molar-refractivity contribution in [3.63, 3.8) is 0 Å². The summed E-state index contributed by atoms with van der Waals surface area (Å²) in [6, 6.07) is 0. The summed E-state index contributed by atoms with van der Waals surface area (Å²) in [6.07, 6.45) is 0. The Balaban J connectivity index is 1.68. The first kappa shape index (κ1) is 11.8. The molecule has 1 unspecified atom stereocenters. The van der Waals surface area contributed by atoms with Crippen molar-refractivity contribution in [2.75, 3.05) is 23.8 Å². The van der Waals surface area contributed by atoms with Gasteiger partial charge in [-0.2, -0.15) is 23.5 Å². The number of aryl methyl sites for hydroxylation is 1. The van der Waals surface area contributed by atoms with E-state index in [4.69, 9.17) is 0 Å². The van der Waals surface area contributed by atoms with Crippen molar-refractivity contribution >= 4 is 34.9 Å². The summed E-state index contributed by atoms with van der Waals surface area (Å²) in [4.78, 5) is 5.63. The smallest absolute Gasteiger partial charge is 0.0798 e. The number of thioether (sulfide) groups is 2. The Morgan fingerprint density at radius 2 is 2.47 bits per heavy atom. The van der Waals surface area contributed by atoms with E-state index < -0.39 is 0 Å². The normalized spacial score (nSPS) is 21.8. The highest BCUT2D eigenvalue weighted by Crippen LogP contribution is 2.23. The third-order valence-electron chi connectivity index (χ3n) is 2.39. The van der Waals surface area contributed by atoms with E-state index in [1.165, 1.54) is 27.8 Å². The molecule has 2 nitrogen and oxygen atoms in total. The molecule has 0 bridgehead atoms. The molecule has 1 saturated heterocycles. The van der Waals surface area contributed by atoms with E-state index in [-0.39, 0.29) is 0 Å². The maximum absolute atomic E-state index is 4.25. The Hall–Kier alpha value is 0.290. The second kappa shape index (κ2) is 6.13. The van der Waals surface area contributed by atoms with Crippen LogP contribution in [0.3, 0.4) is 0 Å². The van der Waals surface area contributed by atoms with E-state index in [0.29, 0.717) is 0 Å². The van der Waals surface area contributed by atoms with Gasteiger partial charge in [-0.1, -0.05) is 0 Å². The zero-order chi connectivity index (χ0) is 10.5. The topological polar surface area (TPSA) is 24.9 Å². The van der Waals surface area contributed by atoms with Crippen LogP contribution in [-0.4, -0.2) is 34.0 Å². The van der Waals surface area contributed by atoms with Gasteiger partial charge in [-0.05, 0) is 6.92 Å². The fourth-order valence-corrected chi connectivity index (χ4v) is 4.89. The number of aromatic nitrogens is 1. The van der Waals surface area contributed by atoms with E-state index in [2.05, 4.69) is 40.7 Å². The van der Waals surface area contributed by atoms with Crippen LogP contribution in [0.15, 0.2) is 5.51 Å². The molecule has 0 saturated carbocycles. The first-order chi connectivity index (χ1) is 7.36. The fourth-order valence-electron chi connectivity index (χ4n) is 1.50. The number of hydrogen-bond donors (Lipinski definition) is 1. The largest absolute Gasteiger partial charge is 0.311 e. The highest BCUT2D eigenvalue weighted by atomic mass is 32.2. The molecule has 1 N–H and O–H groups in total. The zero-order valence-electron chi connectivity index (χ0n) is 8.86. The molecule has 0 radical (unpaired) electrons. The second-order valence-electron chi connectivity index (χ2n) is 3.56. The number of nitrogens with zero attached hydrogens (tertiary/aromatic N) is 1. The van der Waals surface area contributed by atoms with Gasteiger partial charge in [0.1, 0.15) is 0 Å². The minimum atomic E-state index is 0.803. The molecule has 1 aliphatic rings. The summed E-state index contributed by atoms with van der Waals surface area (Å²) in [5.41, 5.74) is 3.11. The Kier molecular flexibility index (Phi) is 4.81. The van der Waals surface area contributed by atoms with Crippen molar-refractivity contribution in [2.45, 2.75) is 18.7 Å². The van der Waals surface area contributed by atoms with Crippen LogP contribution in [0, 0.1) is 6.92 Å². The lowest BCUT2D eigenvalue weighted by molar-refractivity contribution is 0.689. The molecule has 1 fully saturated rings. The van der Waals surface area contributed by atoms with Crippen molar-refractivity contribution in [1.29, 1.82) is 0 Å². The van der Waals surface area contributed by atoms with Crippen LogP contribution in [0.4, 0.5) is 0 Å². The molecular formula is C10H16N2S3. The maximum Gasteiger partial charge on any atom is 0.0798 e. The summed E-state index contributed by atoms with van der Waals surface area (Å²) < 4.78 is 0. The minimum Gasteiger partial charge on any atom is -0.311 e. The van der Waals surface area contributed by atoms with Crippen LogP contribution < -0.4 is 5.32 Å². The predicted octanol–water partition coefficient (Wildman–Crippen LogP) is 2.39. The van der Waals surface area contributed by atoms with E-state index in [0.717, 1.165) is 18.3 Å². The molecule has 84 valence electrons. The molecule has 15 heavy (non-hydrogen) atoms. The van der Waals surface area contributed by atoms with Gasteiger partial charge in [0.25, 0.3) is 0 Å². The highest BCUT2D eigenvalue weighted by molar-refractivity contribution is 8.06. The SMILES string of the molecule is Cc1ncsc1CNCC1CSCCS1. The first-order valence-electron chi connectivity index (χ1n) is 5.15. The van der Waals surface area contributed by atoms with Crippen LogP contribution in [0.1, 0.15) is 10.6 Å². The summed E-state index contributed by atoms with van der Waals surface area (Å²) in [5.74, 6) is 3.95. The number of rotatable bonds is 4. The van der Waals surface area contributed by atoms with Gasteiger partial charge in [-0.3, -0.25) is 0 Å². The maximum atomic E-state index is 4.25. The number of nitrogens with one attached hydrogen (secondary N) is 1. The van der Waals surface area contributed by atoms with Crippen molar-refractivity contribution in [3.05, 3.63) is 16.1 Å². The lowest BCUT2D eigenvalue weighted by Gasteiger charge is -2.21. The van der Waals surface area contributed by atoms with Gasteiger partial charge in [0.05, 0.1) is 11.2 Å². The Morgan fingerprint density at radius 3 is 3.13 bits per heavy atom. The van der Waals surface area contributed by atoms with Crippen LogP contribution in [0.2, 0.25) is 0 Å². The summed E-state index contributed by atoms with van der Waals surface area (Å²) in [6.45, 7) is 4.20. The highest BCUT2D eigenvalue weighted by Gasteiger charge is 2.13. The van der Waals surface area contributed by atoms with Crippen LogP contribution in [-0.2, 0) is 6.54 Å². The minimum absolute atomic E-state index is 0.803. The standard InChI is InChI=1S/C10H16N2S3/c1-8-10(15-7-12-8)5-11-4-9-6-13-2-3-14-9/h7,9,11H,2-6H2,1H3. The third kappa shape index (κ3) is 3.66. The molecule has 0 aliphatic carbocycles. The number of hydrogen-bond acceptors (Lipinski definition) is 5. The third-order valence-corrected chi connectivity index (χ3v) is 6.17. The molecule has 0 amide bonds. The quantitative estimate of drug-likeness (QED) is 0.898. The molecule has 0 spiro atoms. The van der Waals surface area contributed by atoms with Gasteiger partial charge >= 0.3 is 0 Å². The van der Waals surface area contributed by atoms with Gasteiger partial charge in [0, 0.05) is 40.5 Å². The van der Waals surface area contributed by atoms with E-state index in [1.807, 2.05) is 5.51 Å². The van der Waals surface area contributed by atoms with E-state index in [1.54, 1.807) is 11.3 Å². The van der Waals surface area contributed by atoms with Gasteiger partial charge in [0.15, 0.2) is 0 Å². The summed E-state index contributed by atoms with van der Waals surface area (Å²) in [7, 11) is 0. The summed E-state index contributed by atoms with van der Waals surface area (Å²) in [5, 5.41) is 4.34. The molecule has 1 aromatic heterocycles. The van der Waals surface area contributed by atoms with Crippen molar-refractivity contribution in [3.8, 4) is 0 Å². The average molecular weight is 260 g/mol. The predicted molar refractivity (Wildman–Crippen MR) is 72.1 cm³/mol. The molecule has 5 heteroatoms. The fraction of sp³-hybridized carbons (Fsp3) is 0.700. The Morgan fingerprint density at radius 1 is 1.53 bits per heavy atom. The van der Waals surface area contributed by atoms with Crippen LogP contribution >= 0.6 is 34.9 Å². The van der Waals surface area contributed by atoms with Gasteiger partial charge in [-0.15, -0.1) is 11.3 Å². The van der Waals surface area contributed by atoms with Crippen LogP contribution in [0.5, 0.6) is 0 Å². The second-order valence-corrected chi connectivity index (χ2v) is 7.06. The Labute approximate surface area is 104 Å². The number of thiazole rings is 1. The van der Waals surface area contributed by atoms with E-state index >= 15 is 0 Å². The van der Waals surface area contributed by atoms with E-state index in [9.17, 15) is 0 Å². The van der Waals surface area contributed by atoms with Crippen molar-refractivity contribution < 1.29 is 0 Å². The van der Waals surface area contributed by atoms with Crippen LogP contribution in [0.25, 0.3) is 0 Å². The molecule has 2 rings (SSSR count). The molecule has 0 aromatic carbocycles. The van der Waals surface area contributed by atoms with Crippen molar-refractivity contribution in [2.24, 2.45) is 0 Å². The Bertz CT molecular complexity index is 295. The molecule has 1 aliphatic heterocycles. The molecule has 2 heterocycles. The van der Waals surface area contributed by atoms with Gasteiger partial charge < -0.3 is 5.32 Å². The molecular weight excluding hydrogens is 244 g/mol. The monoisotopic (exact) mass is 260 g/mol. The zero-order valence-corrected chi connectivity index (χ0v) is 11.3.